The van der Waals surface area contributed by atoms with Crippen LogP contribution in [0.4, 0.5) is 0 Å². The third-order valence-electron chi connectivity index (χ3n) is 15.0. The predicted octanol–water partition coefficient (Wildman–Crippen LogP) is 7.08. The summed E-state index contributed by atoms with van der Waals surface area (Å²) in [5, 5.41) is 23.3. The Bertz CT molecular complexity index is 2860. The number of hydrogen-bond acceptors (Lipinski definition) is 11. The summed E-state index contributed by atoms with van der Waals surface area (Å²) in [4.78, 5) is 91.9. The summed E-state index contributed by atoms with van der Waals surface area (Å²) in [6, 6.07) is 15.9. The number of rotatable bonds is 24. The van der Waals surface area contributed by atoms with E-state index < -0.39 is 29.5 Å². The number of H-pyrrole nitrogens is 1. The van der Waals surface area contributed by atoms with Crippen LogP contribution in [-0.2, 0) is 38.8 Å². The fourth-order valence-electron chi connectivity index (χ4n) is 10.6. The Morgan fingerprint density at radius 3 is 2.30 bits per heavy atom. The number of pyridine rings is 1. The minimum absolute atomic E-state index is 0.00319. The molecule has 76 heavy (non-hydrogen) atoms. The largest absolute Gasteiger partial charge is 0.496 e. The van der Waals surface area contributed by atoms with E-state index in [-0.39, 0.29) is 61.7 Å². The monoisotopic (exact) mass is 1060 g/mol. The quantitative estimate of drug-likeness (QED) is 0.0345. The van der Waals surface area contributed by atoms with Crippen molar-refractivity contribution in [2.45, 2.75) is 150 Å². The van der Waals surface area contributed by atoms with E-state index >= 15 is 0 Å². The number of methoxy groups -OCH3 is 1. The van der Waals surface area contributed by atoms with Gasteiger partial charge in [0.15, 0.2) is 0 Å². The van der Waals surface area contributed by atoms with Gasteiger partial charge in [-0.1, -0.05) is 82.5 Å². The zero-order valence-corrected chi connectivity index (χ0v) is 46.3. The molecule has 0 unspecified atom stereocenters. The smallest absolute Gasteiger partial charge is 0.256 e. The van der Waals surface area contributed by atoms with Gasteiger partial charge in [0.05, 0.1) is 47.0 Å². The van der Waals surface area contributed by atoms with Crippen molar-refractivity contribution in [3.05, 3.63) is 104 Å². The van der Waals surface area contributed by atoms with Crippen molar-refractivity contribution < 1.29 is 33.8 Å². The molecule has 7 rings (SSSR count). The molecule has 0 radical (unpaired) electrons. The highest BCUT2D eigenvalue weighted by molar-refractivity contribution is 7.13. The van der Waals surface area contributed by atoms with Crippen LogP contribution in [0.15, 0.2) is 64.9 Å². The van der Waals surface area contributed by atoms with Crippen molar-refractivity contribution in [2.24, 2.45) is 11.3 Å². The normalized spacial score (nSPS) is 16.7. The van der Waals surface area contributed by atoms with Gasteiger partial charge in [0.25, 0.3) is 11.5 Å². The van der Waals surface area contributed by atoms with E-state index in [2.05, 4.69) is 46.8 Å². The number of para-hydroxylation sites is 1. The number of aryl methyl sites for hydroxylation is 2. The van der Waals surface area contributed by atoms with Gasteiger partial charge in [-0.25, -0.2) is 4.98 Å². The summed E-state index contributed by atoms with van der Waals surface area (Å²) in [6.07, 6.45) is 7.43. The molecule has 0 spiro atoms. The van der Waals surface area contributed by atoms with Gasteiger partial charge in [-0.2, -0.15) is 0 Å². The molecular formula is C58H79N9O8S. The minimum Gasteiger partial charge on any atom is -0.496 e. The van der Waals surface area contributed by atoms with Crippen LogP contribution in [0.3, 0.4) is 0 Å². The fraction of sp³-hybridized carbons (Fsp3) is 0.534. The lowest BCUT2D eigenvalue weighted by Gasteiger charge is -2.35. The number of fused-ring (bicyclic) bond motifs is 1. The van der Waals surface area contributed by atoms with Crippen LogP contribution in [0.5, 0.6) is 5.75 Å². The van der Waals surface area contributed by atoms with Gasteiger partial charge >= 0.3 is 0 Å². The summed E-state index contributed by atoms with van der Waals surface area (Å²) < 4.78 is 7.72. The molecule has 410 valence electrons. The second-order valence-corrected chi connectivity index (χ2v) is 22.7. The molecule has 18 heteroatoms. The van der Waals surface area contributed by atoms with Crippen LogP contribution >= 0.6 is 11.3 Å². The molecule has 2 aliphatic heterocycles. The number of carbonyl (C=O) groups excluding carboxylic acids is 5. The Labute approximate surface area is 451 Å². The lowest BCUT2D eigenvalue weighted by atomic mass is 9.85. The molecule has 5 aromatic rings. The lowest BCUT2D eigenvalue weighted by Crippen LogP contribution is -2.57. The fourth-order valence-corrected chi connectivity index (χ4v) is 11.4. The van der Waals surface area contributed by atoms with E-state index in [4.69, 9.17) is 4.74 Å². The molecule has 3 aromatic heterocycles. The third kappa shape index (κ3) is 15.0. The molecule has 2 saturated heterocycles. The zero-order chi connectivity index (χ0) is 54.5. The van der Waals surface area contributed by atoms with Crippen molar-refractivity contribution in [3.8, 4) is 16.2 Å². The lowest BCUT2D eigenvalue weighted by molar-refractivity contribution is -0.144. The number of carbonyl (C=O) groups is 5. The predicted molar refractivity (Wildman–Crippen MR) is 297 cm³/mol. The number of thiazole rings is 1. The Morgan fingerprint density at radius 1 is 0.882 bits per heavy atom. The number of aromatic amines is 1. The standard InChI is InChI=1S/C58H79N9O8S/c1-37-30-48(75-7)45(54(71)63-37)33-61-56(73)51-39(3)66(46-17-13-12-16-44(46)51)34-41-24-28-65(29-25-41)27-14-10-8-9-11-18-49(69)59-26-15-19-50(70)64-53(58(4,5)6)57(74)67-35-43(68)31-47(67)55(72)60-32-40-20-22-42(23-21-40)52-38(2)62-36-76-52/h12-13,16-17,20-23,30,36,41,43,47,53,68H,8-11,14-15,18-19,24-29,31-35H2,1-7H3,(H,59,69)(H,60,72)(H,61,73)(H,63,71)(H,64,70)/t43-,47+,53-/m1/s1. The van der Waals surface area contributed by atoms with Crippen molar-refractivity contribution in [3.63, 3.8) is 0 Å². The van der Waals surface area contributed by atoms with Crippen molar-refractivity contribution >= 4 is 51.8 Å². The number of hydrogen-bond donors (Lipinski definition) is 6. The highest BCUT2D eigenvalue weighted by Gasteiger charge is 2.44. The molecule has 2 aliphatic rings. The van der Waals surface area contributed by atoms with E-state index in [1.807, 2.05) is 82.6 Å². The van der Waals surface area contributed by atoms with Crippen molar-refractivity contribution in [1.82, 2.24) is 45.6 Å². The maximum atomic E-state index is 14.0. The van der Waals surface area contributed by atoms with Gasteiger partial charge in [-0.15, -0.1) is 11.3 Å². The van der Waals surface area contributed by atoms with Crippen molar-refractivity contribution in [1.29, 1.82) is 0 Å². The molecule has 0 bridgehead atoms. The van der Waals surface area contributed by atoms with E-state index in [0.717, 1.165) is 109 Å². The number of nitrogens with zero attached hydrogens (tertiary/aromatic N) is 4. The summed E-state index contributed by atoms with van der Waals surface area (Å²) >= 11 is 1.57. The van der Waals surface area contributed by atoms with Gasteiger partial charge < -0.3 is 50.5 Å². The first-order valence-electron chi connectivity index (χ1n) is 27.1. The minimum atomic E-state index is -0.923. The number of aliphatic hydroxyl groups is 1. The van der Waals surface area contributed by atoms with Crippen LogP contribution in [0, 0.1) is 32.1 Å². The molecule has 6 N–H and O–H groups in total. The molecule has 3 atom stereocenters. The van der Waals surface area contributed by atoms with Crippen LogP contribution in [0.1, 0.15) is 130 Å². The number of nitrogens with one attached hydrogen (secondary N) is 5. The van der Waals surface area contributed by atoms with Gasteiger partial charge in [0.2, 0.25) is 23.6 Å². The number of piperidine rings is 1. The average molecular weight is 1060 g/mol. The van der Waals surface area contributed by atoms with E-state index in [1.165, 1.54) is 12.0 Å². The zero-order valence-electron chi connectivity index (χ0n) is 45.5. The summed E-state index contributed by atoms with van der Waals surface area (Å²) in [5.74, 6) is -0.409. The van der Waals surface area contributed by atoms with Gasteiger partial charge in [-0.05, 0) is 107 Å². The van der Waals surface area contributed by atoms with Crippen molar-refractivity contribution in [2.75, 3.05) is 39.8 Å². The molecule has 17 nitrogen and oxygen atoms in total. The molecule has 5 heterocycles. The van der Waals surface area contributed by atoms with Crippen LogP contribution in [0.2, 0.25) is 0 Å². The van der Waals surface area contributed by atoms with E-state index in [9.17, 15) is 33.9 Å². The second kappa shape index (κ2) is 26.6. The Hall–Kier alpha value is -6.37. The number of amides is 5. The number of unbranched alkanes of at least 4 members (excludes halogenated alkanes) is 4. The third-order valence-corrected chi connectivity index (χ3v) is 16.0. The first-order chi connectivity index (χ1) is 36.4. The molecule has 0 aliphatic carbocycles. The van der Waals surface area contributed by atoms with Gasteiger partial charge in [0, 0.05) is 67.7 Å². The first-order valence-corrected chi connectivity index (χ1v) is 28.0. The molecule has 5 amide bonds. The summed E-state index contributed by atoms with van der Waals surface area (Å²) in [5.41, 5.74) is 7.44. The van der Waals surface area contributed by atoms with Crippen LogP contribution in [0.25, 0.3) is 21.3 Å². The number of ether oxygens (including phenoxy) is 1. The Kier molecular flexibility index (Phi) is 20.1. The van der Waals surface area contributed by atoms with Gasteiger partial charge in [-0.3, -0.25) is 28.8 Å². The highest BCUT2D eigenvalue weighted by Crippen LogP contribution is 2.31. The number of β-amino-alcohol motifs (C(OH)–C–C–N with tert-alkyl or cyclic N) is 1. The number of aromatic nitrogens is 3. The highest BCUT2D eigenvalue weighted by atomic mass is 32.1. The maximum Gasteiger partial charge on any atom is 0.256 e. The maximum absolute atomic E-state index is 14.0. The number of benzene rings is 2. The van der Waals surface area contributed by atoms with E-state index in [0.29, 0.717) is 47.9 Å². The average Bonchev–Trinajstić information content (AvgIpc) is 4.11. The van der Waals surface area contributed by atoms with Crippen LogP contribution in [-0.4, -0.2) is 117 Å². The molecule has 0 saturated carbocycles. The SMILES string of the molecule is COc1cc(C)[nH]c(=O)c1CNC(=O)c1c(C)n(CC2CCN(CCCCCCCC(=O)NCCCC(=O)N[C@H](C(=O)N3C[C@H](O)C[C@H]3C(=O)NCc3ccc(-c4scnc4C)cc3)C(C)(C)C)CC2)c2ccccc12. The second-order valence-electron chi connectivity index (χ2n) is 21.8. The Morgan fingerprint density at radius 2 is 1.59 bits per heavy atom. The van der Waals surface area contributed by atoms with Gasteiger partial charge in [0.1, 0.15) is 17.8 Å². The number of aliphatic hydroxyl groups excluding tert-OH is 1. The Balaban J connectivity index is 0.750. The summed E-state index contributed by atoms with van der Waals surface area (Å²) in [6.45, 7) is 16.0. The molecular weight excluding hydrogens is 983 g/mol. The van der Waals surface area contributed by atoms with E-state index in [1.54, 1.807) is 24.3 Å². The first kappa shape index (κ1) is 57.3. The van der Waals surface area contributed by atoms with Crippen LogP contribution < -0.4 is 31.6 Å². The molecule has 2 fully saturated rings. The summed E-state index contributed by atoms with van der Waals surface area (Å²) in [7, 11) is 1.52. The topological polar surface area (TPSA) is 220 Å². The molecule has 2 aromatic carbocycles. The number of likely N-dealkylation sites (tertiary alicyclic amines) is 2.